The molecule has 0 aromatic heterocycles. The first-order chi connectivity index (χ1) is 7.85. The van der Waals surface area contributed by atoms with E-state index in [0.717, 1.165) is 17.5 Å². The smallest absolute Gasteiger partial charge is 0.235 e. The van der Waals surface area contributed by atoms with Crippen molar-refractivity contribution in [1.29, 1.82) is 0 Å². The van der Waals surface area contributed by atoms with Crippen LogP contribution in [0.25, 0.3) is 0 Å². The Morgan fingerprint density at radius 1 is 1.59 bits per heavy atom. The van der Waals surface area contributed by atoms with E-state index in [2.05, 4.69) is 15.6 Å². The van der Waals surface area contributed by atoms with Gasteiger partial charge in [-0.05, 0) is 25.6 Å². The van der Waals surface area contributed by atoms with E-state index in [4.69, 9.17) is 35.4 Å². The van der Waals surface area contributed by atoms with Crippen LogP contribution in [0.1, 0.15) is 13.3 Å². The minimum absolute atomic E-state index is 0.236. The molecule has 17 heavy (non-hydrogen) atoms. The Hall–Kier alpha value is -0.0400. The zero-order valence-electron chi connectivity index (χ0n) is 9.05. The maximum Gasteiger partial charge on any atom is 0.235 e. The number of amides is 1. The van der Waals surface area contributed by atoms with E-state index in [0.29, 0.717) is 6.42 Å². The number of thiocarbonyl (C=S) groups is 1. The van der Waals surface area contributed by atoms with Crippen LogP contribution in [0.4, 0.5) is 0 Å². The van der Waals surface area contributed by atoms with Gasteiger partial charge in [-0.3, -0.25) is 9.79 Å². The first kappa shape index (κ1) is 13.4. The Balaban J connectivity index is 1.85. The number of nitrogens with zero attached hydrogens (tertiary/aromatic N) is 1. The molecule has 1 aliphatic carbocycles. The van der Waals surface area contributed by atoms with Crippen LogP contribution < -0.4 is 10.6 Å². The Morgan fingerprint density at radius 2 is 2.24 bits per heavy atom. The molecule has 0 aromatic rings. The van der Waals surface area contributed by atoms with Gasteiger partial charge < -0.3 is 10.6 Å². The van der Waals surface area contributed by atoms with Crippen LogP contribution in [0.5, 0.6) is 0 Å². The number of nitrogens with one attached hydrogen (secondary N) is 2. The predicted octanol–water partition coefficient (Wildman–Crippen LogP) is 1.66. The average Bonchev–Trinajstić information content (AvgIpc) is 2.64. The molecule has 2 N–H and O–H groups in total. The van der Waals surface area contributed by atoms with Crippen LogP contribution in [0.2, 0.25) is 0 Å². The molecule has 0 aromatic carbocycles. The molecule has 8 heteroatoms. The molecule has 1 aliphatic heterocycles. The first-order valence-electron chi connectivity index (χ1n) is 5.03. The number of carbonyl (C=O) groups is 1. The zero-order valence-corrected chi connectivity index (χ0v) is 12.2. The standard InChI is InChI=1S/C9H11Cl2N3OS2/c1-8(4-9(8,10)11)5(15)13-6(16)14-7-12-2-3-17-7/h2-4H2,1H3,(H2,12,13,14,15,16)/t8-/m0/s1. The molecular weight excluding hydrogens is 301 g/mol. The third-order valence-electron chi connectivity index (χ3n) is 2.79. The van der Waals surface area contributed by atoms with Gasteiger partial charge in [0.1, 0.15) is 4.33 Å². The van der Waals surface area contributed by atoms with Crippen molar-refractivity contribution in [1.82, 2.24) is 10.6 Å². The number of thioether (sulfide) groups is 1. The van der Waals surface area contributed by atoms with E-state index in [1.807, 2.05) is 0 Å². The number of aliphatic imine (C=N–C) groups is 1. The summed E-state index contributed by atoms with van der Waals surface area (Å²) in [4.78, 5) is 16.0. The molecule has 0 bridgehead atoms. The third-order valence-corrected chi connectivity index (χ3v) is 4.99. The maximum atomic E-state index is 11.9. The molecule has 0 spiro atoms. The van der Waals surface area contributed by atoms with E-state index < -0.39 is 9.75 Å². The first-order valence-corrected chi connectivity index (χ1v) is 7.18. The molecule has 4 nitrogen and oxygen atoms in total. The van der Waals surface area contributed by atoms with Crippen molar-refractivity contribution in [2.75, 3.05) is 12.3 Å². The highest BCUT2D eigenvalue weighted by Gasteiger charge is 2.68. The van der Waals surface area contributed by atoms with Gasteiger partial charge in [0, 0.05) is 5.75 Å². The molecule has 0 radical (unpaired) electrons. The zero-order chi connectivity index (χ0) is 12.7. The minimum Gasteiger partial charge on any atom is -0.312 e. The summed E-state index contributed by atoms with van der Waals surface area (Å²) in [7, 11) is 0. The Kier molecular flexibility index (Phi) is 3.60. The van der Waals surface area contributed by atoms with Crippen molar-refractivity contribution in [2.45, 2.75) is 17.7 Å². The normalized spacial score (nSPS) is 29.5. The second kappa shape index (κ2) is 4.57. The van der Waals surface area contributed by atoms with Gasteiger partial charge in [-0.1, -0.05) is 11.8 Å². The van der Waals surface area contributed by atoms with Gasteiger partial charge in [0.05, 0.1) is 12.0 Å². The fraction of sp³-hybridized carbons (Fsp3) is 0.667. The molecule has 2 rings (SSSR count). The fourth-order valence-electron chi connectivity index (χ4n) is 1.43. The van der Waals surface area contributed by atoms with E-state index in [9.17, 15) is 4.79 Å². The van der Waals surface area contributed by atoms with Gasteiger partial charge in [-0.25, -0.2) is 0 Å². The van der Waals surface area contributed by atoms with Gasteiger partial charge in [0.2, 0.25) is 5.91 Å². The van der Waals surface area contributed by atoms with E-state index in [1.165, 1.54) is 0 Å². The van der Waals surface area contributed by atoms with Crippen molar-refractivity contribution in [2.24, 2.45) is 10.4 Å². The van der Waals surface area contributed by atoms with Gasteiger partial charge in [-0.2, -0.15) is 0 Å². The second-order valence-electron chi connectivity index (χ2n) is 4.16. The number of alkyl halides is 2. The van der Waals surface area contributed by atoms with Crippen LogP contribution in [-0.2, 0) is 4.79 Å². The largest absolute Gasteiger partial charge is 0.312 e. The van der Waals surface area contributed by atoms with Gasteiger partial charge in [-0.15, -0.1) is 23.2 Å². The van der Waals surface area contributed by atoms with Crippen LogP contribution in [0, 0.1) is 5.41 Å². The van der Waals surface area contributed by atoms with Crippen molar-refractivity contribution in [3.05, 3.63) is 0 Å². The highest BCUT2D eigenvalue weighted by molar-refractivity contribution is 8.14. The number of carbonyl (C=O) groups excluding carboxylic acids is 1. The third kappa shape index (κ3) is 2.70. The number of rotatable bonds is 1. The summed E-state index contributed by atoms with van der Waals surface area (Å²) < 4.78 is -0.980. The summed E-state index contributed by atoms with van der Waals surface area (Å²) in [5, 5.41) is 6.42. The molecule has 1 amide bonds. The minimum atomic E-state index is -0.980. The van der Waals surface area contributed by atoms with Crippen molar-refractivity contribution in [3.8, 4) is 0 Å². The lowest BCUT2D eigenvalue weighted by Gasteiger charge is -2.13. The van der Waals surface area contributed by atoms with Crippen LogP contribution in [0.15, 0.2) is 4.99 Å². The molecule has 94 valence electrons. The molecule has 1 fully saturated rings. The van der Waals surface area contributed by atoms with Crippen LogP contribution in [-0.4, -0.2) is 32.8 Å². The van der Waals surface area contributed by atoms with Crippen molar-refractivity contribution in [3.63, 3.8) is 0 Å². The monoisotopic (exact) mass is 311 g/mol. The molecule has 1 saturated carbocycles. The highest BCUT2D eigenvalue weighted by Crippen LogP contribution is 2.63. The van der Waals surface area contributed by atoms with E-state index in [-0.39, 0.29) is 11.0 Å². The summed E-state index contributed by atoms with van der Waals surface area (Å²) in [6.45, 7) is 2.49. The van der Waals surface area contributed by atoms with Crippen molar-refractivity contribution >= 4 is 63.4 Å². The lowest BCUT2D eigenvalue weighted by atomic mass is 10.1. The summed E-state index contributed by atoms with van der Waals surface area (Å²) in [5.74, 6) is 0.673. The molecule has 1 atom stereocenters. The molecule has 1 heterocycles. The van der Waals surface area contributed by atoms with E-state index >= 15 is 0 Å². The highest BCUT2D eigenvalue weighted by atomic mass is 35.5. The number of amidine groups is 1. The molecule has 0 unspecified atom stereocenters. The maximum absolute atomic E-state index is 11.9. The molecule has 0 saturated heterocycles. The van der Waals surface area contributed by atoms with Gasteiger partial charge in [0.15, 0.2) is 10.3 Å². The predicted molar refractivity (Wildman–Crippen MR) is 75.8 cm³/mol. The number of hydrogen-bond acceptors (Lipinski definition) is 4. The lowest BCUT2D eigenvalue weighted by Crippen LogP contribution is -2.44. The Labute approximate surface area is 119 Å². The van der Waals surface area contributed by atoms with Crippen LogP contribution in [0.3, 0.4) is 0 Å². The molecule has 2 aliphatic rings. The van der Waals surface area contributed by atoms with E-state index in [1.54, 1.807) is 18.7 Å². The van der Waals surface area contributed by atoms with Gasteiger partial charge in [0.25, 0.3) is 0 Å². The summed E-state index contributed by atoms with van der Waals surface area (Å²) in [6, 6.07) is 0. The lowest BCUT2D eigenvalue weighted by molar-refractivity contribution is -0.124. The summed E-state index contributed by atoms with van der Waals surface area (Å²) in [6.07, 6.45) is 0.438. The number of halogens is 2. The summed E-state index contributed by atoms with van der Waals surface area (Å²) >= 11 is 18.4. The second-order valence-corrected chi connectivity index (χ2v) is 7.13. The number of hydrogen-bond donors (Lipinski definition) is 2. The Morgan fingerprint density at radius 3 is 2.71 bits per heavy atom. The van der Waals surface area contributed by atoms with Crippen LogP contribution >= 0.6 is 47.2 Å². The average molecular weight is 312 g/mol. The topological polar surface area (TPSA) is 53.5 Å². The Bertz CT molecular complexity index is 413. The fourth-order valence-corrected chi connectivity index (χ4v) is 3.12. The van der Waals surface area contributed by atoms with Crippen molar-refractivity contribution < 1.29 is 4.79 Å². The molecular formula is C9H11Cl2N3OS2. The van der Waals surface area contributed by atoms with Gasteiger partial charge >= 0.3 is 0 Å². The SMILES string of the molecule is C[C@@]1(C(=O)NC(=S)NC2=NCCS2)CC1(Cl)Cl. The quantitative estimate of drug-likeness (QED) is 0.571. The summed E-state index contributed by atoms with van der Waals surface area (Å²) in [5.41, 5.74) is -0.757.